The van der Waals surface area contributed by atoms with Crippen molar-refractivity contribution in [1.82, 2.24) is 0 Å². The molecule has 0 aliphatic heterocycles. The summed E-state index contributed by atoms with van der Waals surface area (Å²) in [5.41, 5.74) is 3.46. The summed E-state index contributed by atoms with van der Waals surface area (Å²) in [5.74, 6) is -0.955. The van der Waals surface area contributed by atoms with Crippen molar-refractivity contribution in [2.45, 2.75) is 37.3 Å². The van der Waals surface area contributed by atoms with Gasteiger partial charge in [0.15, 0.2) is 0 Å². The van der Waals surface area contributed by atoms with Crippen molar-refractivity contribution < 1.29 is 15.0 Å². The molecule has 4 heteroatoms. The zero-order chi connectivity index (χ0) is 10.4. The van der Waals surface area contributed by atoms with Crippen molar-refractivity contribution in [1.29, 1.82) is 0 Å². The van der Waals surface area contributed by atoms with Gasteiger partial charge in [0.1, 0.15) is 5.41 Å². The first-order chi connectivity index (χ1) is 6.50. The Morgan fingerprint density at radius 2 is 2.14 bits per heavy atom. The van der Waals surface area contributed by atoms with Gasteiger partial charge in [-0.2, -0.15) is 0 Å². The minimum absolute atomic E-state index is 0.240. The topological polar surface area (TPSA) is 83.6 Å². The van der Waals surface area contributed by atoms with Crippen LogP contribution in [0.5, 0.6) is 0 Å². The first-order valence-corrected chi connectivity index (χ1v) is 4.91. The van der Waals surface area contributed by atoms with Gasteiger partial charge in [0.05, 0.1) is 5.60 Å². The molecule has 0 aromatic rings. The molecule has 1 saturated carbocycles. The fourth-order valence-electron chi connectivity index (χ4n) is 2.46. The molecule has 78 valence electrons. The molecular formula is C10H15NO3. The van der Waals surface area contributed by atoms with Gasteiger partial charge < -0.3 is 15.9 Å². The van der Waals surface area contributed by atoms with Crippen molar-refractivity contribution in [3.63, 3.8) is 0 Å². The molecule has 0 bridgehead atoms. The van der Waals surface area contributed by atoms with Crippen LogP contribution in [0.3, 0.4) is 0 Å². The molecule has 2 atom stereocenters. The Hall–Kier alpha value is -0.870. The van der Waals surface area contributed by atoms with Crippen LogP contribution in [0.4, 0.5) is 0 Å². The quantitative estimate of drug-likeness (QED) is 0.554. The normalized spacial score (nSPS) is 39.4. The number of nitrogens with two attached hydrogens (primary N) is 1. The van der Waals surface area contributed by atoms with E-state index in [-0.39, 0.29) is 6.04 Å². The highest BCUT2D eigenvalue weighted by atomic mass is 16.4. The van der Waals surface area contributed by atoms with Crippen molar-refractivity contribution >= 4 is 5.97 Å². The zero-order valence-corrected chi connectivity index (χ0v) is 7.94. The lowest BCUT2D eigenvalue weighted by atomic mass is 9.60. The summed E-state index contributed by atoms with van der Waals surface area (Å²) in [6.07, 6.45) is 5.61. The molecule has 2 aliphatic rings. The summed E-state index contributed by atoms with van der Waals surface area (Å²) in [4.78, 5) is 11.2. The SMILES string of the molecule is N[C@@H]1C=CC(C(=O)O)(C2(O)CCC2)C1. The van der Waals surface area contributed by atoms with Crippen molar-refractivity contribution in [2.24, 2.45) is 11.1 Å². The van der Waals surface area contributed by atoms with E-state index in [4.69, 9.17) is 5.73 Å². The maximum absolute atomic E-state index is 11.2. The lowest BCUT2D eigenvalue weighted by molar-refractivity contribution is -0.174. The summed E-state index contributed by atoms with van der Waals surface area (Å²) in [6, 6.07) is -0.240. The molecule has 0 radical (unpaired) electrons. The van der Waals surface area contributed by atoms with Gasteiger partial charge in [-0.05, 0) is 25.7 Å². The van der Waals surface area contributed by atoms with Crippen LogP contribution < -0.4 is 5.73 Å². The highest BCUT2D eigenvalue weighted by Crippen LogP contribution is 2.51. The number of rotatable bonds is 2. The first-order valence-electron chi connectivity index (χ1n) is 4.91. The van der Waals surface area contributed by atoms with Crippen LogP contribution in [0.2, 0.25) is 0 Å². The summed E-state index contributed by atoms with van der Waals surface area (Å²) in [7, 11) is 0. The standard InChI is InChI=1S/C10H15NO3/c11-7-2-5-9(6-7,8(12)13)10(14)3-1-4-10/h2,5,7,14H,1,3-4,6,11H2,(H,12,13)/t7-,9?/m1/s1. The first kappa shape index (κ1) is 9.68. The third-order valence-corrected chi connectivity index (χ3v) is 3.58. The Bertz CT molecular complexity index is 296. The molecule has 0 saturated heterocycles. The number of carboxylic acids is 1. The molecule has 0 spiro atoms. The molecule has 2 rings (SSSR count). The molecule has 4 N–H and O–H groups in total. The molecule has 0 amide bonds. The van der Waals surface area contributed by atoms with Gasteiger partial charge in [0.25, 0.3) is 0 Å². The number of aliphatic carboxylic acids is 1. The Balaban J connectivity index is 2.33. The number of hydrogen-bond acceptors (Lipinski definition) is 3. The van der Waals surface area contributed by atoms with Gasteiger partial charge in [0.2, 0.25) is 0 Å². The summed E-state index contributed by atoms with van der Waals surface area (Å²) in [5, 5.41) is 19.4. The van der Waals surface area contributed by atoms with Gasteiger partial charge in [0, 0.05) is 6.04 Å². The van der Waals surface area contributed by atoms with Gasteiger partial charge in [-0.25, -0.2) is 0 Å². The van der Waals surface area contributed by atoms with E-state index in [1.807, 2.05) is 0 Å². The highest BCUT2D eigenvalue weighted by Gasteiger charge is 2.59. The molecule has 0 aromatic heterocycles. The maximum Gasteiger partial charge on any atom is 0.316 e. The largest absolute Gasteiger partial charge is 0.481 e. The van der Waals surface area contributed by atoms with Crippen LogP contribution in [0.1, 0.15) is 25.7 Å². The van der Waals surface area contributed by atoms with Crippen LogP contribution in [0, 0.1) is 5.41 Å². The predicted molar refractivity (Wildman–Crippen MR) is 50.6 cm³/mol. The van der Waals surface area contributed by atoms with Crippen molar-refractivity contribution in [2.75, 3.05) is 0 Å². The van der Waals surface area contributed by atoms with Gasteiger partial charge in [-0.3, -0.25) is 4.79 Å². The van der Waals surface area contributed by atoms with E-state index in [1.165, 1.54) is 0 Å². The predicted octanol–water partition coefficient (Wildman–Crippen LogP) is 0.260. The van der Waals surface area contributed by atoms with E-state index in [0.717, 1.165) is 6.42 Å². The van der Waals surface area contributed by atoms with E-state index < -0.39 is 17.0 Å². The zero-order valence-electron chi connectivity index (χ0n) is 7.94. The van der Waals surface area contributed by atoms with E-state index >= 15 is 0 Å². The molecule has 2 aliphatic carbocycles. The number of hydrogen-bond donors (Lipinski definition) is 3. The smallest absolute Gasteiger partial charge is 0.316 e. The average molecular weight is 197 g/mol. The highest BCUT2D eigenvalue weighted by molar-refractivity contribution is 5.80. The molecule has 4 nitrogen and oxygen atoms in total. The summed E-state index contributed by atoms with van der Waals surface area (Å²) >= 11 is 0. The molecule has 0 aromatic carbocycles. The fraction of sp³-hybridized carbons (Fsp3) is 0.700. The van der Waals surface area contributed by atoms with E-state index in [2.05, 4.69) is 0 Å². The maximum atomic E-state index is 11.2. The fourth-order valence-corrected chi connectivity index (χ4v) is 2.46. The monoisotopic (exact) mass is 197 g/mol. The Morgan fingerprint density at radius 1 is 1.50 bits per heavy atom. The summed E-state index contributed by atoms with van der Waals surface area (Å²) < 4.78 is 0. The van der Waals surface area contributed by atoms with Crippen LogP contribution >= 0.6 is 0 Å². The van der Waals surface area contributed by atoms with Crippen LogP contribution in [-0.2, 0) is 4.79 Å². The minimum Gasteiger partial charge on any atom is -0.481 e. The minimum atomic E-state index is -1.13. The Kier molecular flexibility index (Phi) is 1.94. The molecular weight excluding hydrogens is 182 g/mol. The average Bonchev–Trinajstić information content (AvgIpc) is 2.45. The second kappa shape index (κ2) is 2.81. The lowest BCUT2D eigenvalue weighted by Crippen LogP contribution is -2.56. The second-order valence-corrected chi connectivity index (χ2v) is 4.39. The van der Waals surface area contributed by atoms with E-state index in [1.54, 1.807) is 12.2 Å². The Morgan fingerprint density at radius 3 is 2.43 bits per heavy atom. The third-order valence-electron chi connectivity index (χ3n) is 3.58. The number of carboxylic acid groups (broad SMARTS) is 1. The Labute approximate surface area is 82.4 Å². The van der Waals surface area contributed by atoms with Gasteiger partial charge >= 0.3 is 5.97 Å². The number of aliphatic hydroxyl groups is 1. The molecule has 1 fully saturated rings. The molecule has 1 unspecified atom stereocenters. The third kappa shape index (κ3) is 1.04. The van der Waals surface area contributed by atoms with Gasteiger partial charge in [-0.15, -0.1) is 0 Å². The van der Waals surface area contributed by atoms with Crippen molar-refractivity contribution in [3.8, 4) is 0 Å². The van der Waals surface area contributed by atoms with Crippen molar-refractivity contribution in [3.05, 3.63) is 12.2 Å². The lowest BCUT2D eigenvalue weighted by Gasteiger charge is -2.47. The van der Waals surface area contributed by atoms with E-state index in [9.17, 15) is 15.0 Å². The van der Waals surface area contributed by atoms with Crippen LogP contribution in [0.15, 0.2) is 12.2 Å². The van der Waals surface area contributed by atoms with E-state index in [0.29, 0.717) is 19.3 Å². The molecule has 0 heterocycles. The second-order valence-electron chi connectivity index (χ2n) is 4.39. The van der Waals surface area contributed by atoms with Gasteiger partial charge in [-0.1, -0.05) is 12.2 Å². The van der Waals surface area contributed by atoms with Crippen LogP contribution in [0.25, 0.3) is 0 Å². The number of carbonyl (C=O) groups is 1. The molecule has 14 heavy (non-hydrogen) atoms. The summed E-state index contributed by atoms with van der Waals surface area (Å²) in [6.45, 7) is 0. The van der Waals surface area contributed by atoms with Crippen LogP contribution in [-0.4, -0.2) is 27.8 Å².